The Balaban J connectivity index is 0.00000156. The Hall–Kier alpha value is -1.26. The molecule has 3 heterocycles. The number of carbonyl (C=O) groups excluding carboxylic acids is 1. The molecule has 23 heavy (non-hydrogen) atoms. The molecule has 4 rings (SSSR count). The molecule has 1 N–H and O–H groups in total. The summed E-state index contributed by atoms with van der Waals surface area (Å²) < 4.78 is 11.6. The van der Waals surface area contributed by atoms with Gasteiger partial charge in [-0.25, -0.2) is 0 Å². The number of carbonyl (C=O) groups is 1. The summed E-state index contributed by atoms with van der Waals surface area (Å²) in [6, 6.07) is 7.20. The molecule has 0 radical (unpaired) electrons. The minimum atomic E-state index is -0.105. The smallest absolute Gasteiger partial charge is 0.314 e. The Bertz CT molecular complexity index is 580. The van der Waals surface area contributed by atoms with Crippen LogP contribution in [0.15, 0.2) is 18.2 Å². The van der Waals surface area contributed by atoms with E-state index in [-0.39, 0.29) is 30.4 Å². The summed E-state index contributed by atoms with van der Waals surface area (Å²) >= 11 is 0. The van der Waals surface area contributed by atoms with Crippen molar-refractivity contribution in [1.82, 2.24) is 5.32 Å². The highest BCUT2D eigenvalue weighted by molar-refractivity contribution is 5.85. The average Bonchev–Trinajstić information content (AvgIpc) is 2.85. The van der Waals surface area contributed by atoms with E-state index in [9.17, 15) is 4.79 Å². The van der Waals surface area contributed by atoms with Crippen molar-refractivity contribution in [1.29, 1.82) is 0 Å². The first-order chi connectivity index (χ1) is 10.7. The summed E-state index contributed by atoms with van der Waals surface area (Å²) in [5, 5.41) is 3.62. The van der Waals surface area contributed by atoms with Gasteiger partial charge in [0.1, 0.15) is 17.6 Å². The van der Waals surface area contributed by atoms with Gasteiger partial charge in [0.2, 0.25) is 0 Å². The minimum Gasteiger partial charge on any atom is -0.490 e. The van der Waals surface area contributed by atoms with E-state index in [1.54, 1.807) is 0 Å². The van der Waals surface area contributed by atoms with Crippen molar-refractivity contribution in [3.63, 3.8) is 0 Å². The number of fused-ring (bicyclic) bond motifs is 3. The molecule has 3 atom stereocenters. The molecule has 3 aliphatic heterocycles. The number of hydrogen-bond donors (Lipinski definition) is 1. The van der Waals surface area contributed by atoms with E-state index in [0.717, 1.165) is 37.0 Å². The van der Waals surface area contributed by atoms with Gasteiger partial charge in [0.15, 0.2) is 0 Å². The van der Waals surface area contributed by atoms with E-state index >= 15 is 0 Å². The lowest BCUT2D eigenvalue weighted by atomic mass is 9.94. The standard InChI is InChI=1S/C18H23NO3.ClH/c1-2-11-7-12-3-6-15(10-17(12)22-18(11)20)21-16-8-13-4-5-14(9-16)19-13;/h3,6,10-11,13-14,16,19H,2,4-5,7-9H2,1H3;1H. The Morgan fingerprint density at radius 3 is 2.70 bits per heavy atom. The summed E-state index contributed by atoms with van der Waals surface area (Å²) in [6.07, 6.45) is 6.57. The highest BCUT2D eigenvalue weighted by atomic mass is 35.5. The fraction of sp³-hybridized carbons (Fsp3) is 0.611. The number of benzene rings is 1. The van der Waals surface area contributed by atoms with Crippen LogP contribution in [0.2, 0.25) is 0 Å². The summed E-state index contributed by atoms with van der Waals surface area (Å²) in [6.45, 7) is 2.03. The maximum absolute atomic E-state index is 11.9. The second kappa shape index (κ2) is 6.70. The normalized spacial score (nSPS) is 31.8. The topological polar surface area (TPSA) is 47.6 Å². The highest BCUT2D eigenvalue weighted by Crippen LogP contribution is 2.35. The zero-order valence-electron chi connectivity index (χ0n) is 13.4. The Morgan fingerprint density at radius 2 is 2.00 bits per heavy atom. The molecule has 4 nitrogen and oxygen atoms in total. The maximum Gasteiger partial charge on any atom is 0.314 e. The van der Waals surface area contributed by atoms with E-state index in [1.807, 2.05) is 19.1 Å². The molecule has 2 bridgehead atoms. The monoisotopic (exact) mass is 337 g/mol. The van der Waals surface area contributed by atoms with E-state index < -0.39 is 0 Å². The van der Waals surface area contributed by atoms with Crippen molar-refractivity contribution in [3.8, 4) is 11.5 Å². The van der Waals surface area contributed by atoms with E-state index in [2.05, 4.69) is 11.4 Å². The molecule has 3 aliphatic rings. The van der Waals surface area contributed by atoms with Crippen LogP contribution in [-0.2, 0) is 11.2 Å². The van der Waals surface area contributed by atoms with Crippen LogP contribution in [-0.4, -0.2) is 24.2 Å². The Morgan fingerprint density at radius 1 is 1.26 bits per heavy atom. The third-order valence-corrected chi connectivity index (χ3v) is 5.27. The van der Waals surface area contributed by atoms with Crippen molar-refractivity contribution in [2.75, 3.05) is 0 Å². The Kier molecular flexibility index (Phi) is 4.83. The van der Waals surface area contributed by atoms with Crippen molar-refractivity contribution >= 4 is 18.4 Å². The first kappa shape index (κ1) is 16.6. The number of piperidine rings is 1. The van der Waals surface area contributed by atoms with Gasteiger partial charge in [-0.15, -0.1) is 12.4 Å². The largest absolute Gasteiger partial charge is 0.490 e. The second-order valence-corrected chi connectivity index (χ2v) is 6.85. The highest BCUT2D eigenvalue weighted by Gasteiger charge is 2.34. The number of nitrogens with one attached hydrogen (secondary N) is 1. The van der Waals surface area contributed by atoms with Crippen LogP contribution in [0.1, 0.15) is 44.6 Å². The quantitative estimate of drug-likeness (QED) is 0.679. The predicted molar refractivity (Wildman–Crippen MR) is 90.4 cm³/mol. The van der Waals surface area contributed by atoms with Crippen LogP contribution in [0.5, 0.6) is 11.5 Å². The van der Waals surface area contributed by atoms with Gasteiger partial charge in [-0.3, -0.25) is 4.79 Å². The number of rotatable bonds is 3. The van der Waals surface area contributed by atoms with Gasteiger partial charge in [-0.2, -0.15) is 0 Å². The lowest BCUT2D eigenvalue weighted by Crippen LogP contribution is -2.42. The van der Waals surface area contributed by atoms with Crippen molar-refractivity contribution in [3.05, 3.63) is 23.8 Å². The van der Waals surface area contributed by atoms with Crippen LogP contribution in [0.4, 0.5) is 0 Å². The molecule has 1 aromatic carbocycles. The molecule has 2 saturated heterocycles. The molecule has 0 spiro atoms. The lowest BCUT2D eigenvalue weighted by molar-refractivity contribution is -0.140. The second-order valence-electron chi connectivity index (χ2n) is 6.85. The molecule has 126 valence electrons. The van der Waals surface area contributed by atoms with E-state index in [0.29, 0.717) is 17.8 Å². The fourth-order valence-electron chi connectivity index (χ4n) is 4.02. The third-order valence-electron chi connectivity index (χ3n) is 5.27. The molecule has 0 aromatic heterocycles. The van der Waals surface area contributed by atoms with Crippen molar-refractivity contribution in [2.45, 2.75) is 63.6 Å². The SMILES string of the molecule is CCC1Cc2ccc(OC3CC4CCC(C3)N4)cc2OC1=O.Cl. The predicted octanol–water partition coefficient (Wildman–Crippen LogP) is 3.26. The fourth-order valence-corrected chi connectivity index (χ4v) is 4.02. The molecule has 0 aliphatic carbocycles. The molecular weight excluding hydrogens is 314 g/mol. The van der Waals surface area contributed by atoms with Crippen LogP contribution in [0, 0.1) is 5.92 Å². The van der Waals surface area contributed by atoms with Crippen LogP contribution < -0.4 is 14.8 Å². The van der Waals surface area contributed by atoms with Gasteiger partial charge in [0.25, 0.3) is 0 Å². The molecule has 0 amide bonds. The van der Waals surface area contributed by atoms with Crippen LogP contribution >= 0.6 is 12.4 Å². The van der Waals surface area contributed by atoms with Crippen molar-refractivity contribution < 1.29 is 14.3 Å². The first-order valence-electron chi connectivity index (χ1n) is 8.48. The minimum absolute atomic E-state index is 0. The number of hydrogen-bond acceptors (Lipinski definition) is 4. The lowest BCUT2D eigenvalue weighted by Gasteiger charge is -2.30. The summed E-state index contributed by atoms with van der Waals surface area (Å²) in [4.78, 5) is 11.9. The van der Waals surface area contributed by atoms with Crippen LogP contribution in [0.25, 0.3) is 0 Å². The zero-order valence-corrected chi connectivity index (χ0v) is 14.2. The summed E-state index contributed by atoms with van der Waals surface area (Å²) in [5.41, 5.74) is 1.11. The van der Waals surface area contributed by atoms with E-state index in [1.165, 1.54) is 12.8 Å². The number of halogens is 1. The van der Waals surface area contributed by atoms with Gasteiger partial charge in [0, 0.05) is 18.2 Å². The zero-order chi connectivity index (χ0) is 15.1. The van der Waals surface area contributed by atoms with Gasteiger partial charge < -0.3 is 14.8 Å². The number of esters is 1. The summed E-state index contributed by atoms with van der Waals surface area (Å²) in [5.74, 6) is 1.41. The van der Waals surface area contributed by atoms with Gasteiger partial charge in [0.05, 0.1) is 5.92 Å². The first-order valence-corrected chi connectivity index (χ1v) is 8.48. The average molecular weight is 338 g/mol. The molecule has 3 unspecified atom stereocenters. The Labute approximate surface area is 143 Å². The maximum atomic E-state index is 11.9. The number of ether oxygens (including phenoxy) is 2. The molecular formula is C18H24ClNO3. The summed E-state index contributed by atoms with van der Waals surface area (Å²) in [7, 11) is 0. The molecule has 5 heteroatoms. The van der Waals surface area contributed by atoms with Gasteiger partial charge >= 0.3 is 5.97 Å². The van der Waals surface area contributed by atoms with Gasteiger partial charge in [-0.1, -0.05) is 13.0 Å². The third kappa shape index (κ3) is 3.33. The molecule has 1 aromatic rings. The molecule has 2 fully saturated rings. The van der Waals surface area contributed by atoms with Crippen LogP contribution in [0.3, 0.4) is 0 Å². The van der Waals surface area contributed by atoms with Gasteiger partial charge in [-0.05, 0) is 50.2 Å². The molecule has 0 saturated carbocycles. The van der Waals surface area contributed by atoms with Crippen molar-refractivity contribution in [2.24, 2.45) is 5.92 Å². The van der Waals surface area contributed by atoms with E-state index in [4.69, 9.17) is 9.47 Å².